The number of nitrogens with one attached hydrogen (secondary N) is 1. The molecular formula is C18H14FN5OS2. The van der Waals surface area contributed by atoms with Gasteiger partial charge >= 0.3 is 0 Å². The molecule has 0 aliphatic heterocycles. The molecule has 0 saturated heterocycles. The summed E-state index contributed by atoms with van der Waals surface area (Å²) in [5.41, 5.74) is 2.38. The number of hydrogen-bond acceptors (Lipinski definition) is 6. The zero-order chi connectivity index (χ0) is 18.8. The summed E-state index contributed by atoms with van der Waals surface area (Å²) in [6.07, 6.45) is 0. The van der Waals surface area contributed by atoms with Crippen LogP contribution in [0.4, 0.5) is 10.1 Å². The Labute approximate surface area is 162 Å². The van der Waals surface area contributed by atoms with Crippen LogP contribution in [0.5, 0.6) is 0 Å². The number of aromatic nitrogens is 4. The van der Waals surface area contributed by atoms with Gasteiger partial charge in [0.2, 0.25) is 11.1 Å². The Hall–Kier alpha value is -2.78. The fourth-order valence-corrected chi connectivity index (χ4v) is 3.79. The lowest BCUT2D eigenvalue weighted by Crippen LogP contribution is -2.14. The third kappa shape index (κ3) is 3.83. The maximum absolute atomic E-state index is 13.6. The Bertz CT molecular complexity index is 1110. The average Bonchev–Trinajstić information content (AvgIpc) is 3.32. The van der Waals surface area contributed by atoms with Crippen molar-refractivity contribution in [3.8, 4) is 10.6 Å². The first-order valence-electron chi connectivity index (χ1n) is 8.05. The highest BCUT2D eigenvalue weighted by molar-refractivity contribution is 7.99. The first-order chi connectivity index (χ1) is 13.1. The quantitative estimate of drug-likeness (QED) is 0.513. The maximum Gasteiger partial charge on any atom is 0.234 e. The van der Waals surface area contributed by atoms with Gasteiger partial charge in [0.15, 0.2) is 5.65 Å². The second kappa shape index (κ2) is 7.45. The molecule has 0 atom stereocenters. The number of benzene rings is 1. The smallest absolute Gasteiger partial charge is 0.234 e. The van der Waals surface area contributed by atoms with Crippen molar-refractivity contribution in [2.75, 3.05) is 11.1 Å². The molecule has 0 aliphatic rings. The summed E-state index contributed by atoms with van der Waals surface area (Å²) < 4.78 is 15.2. The van der Waals surface area contributed by atoms with E-state index in [0.29, 0.717) is 22.1 Å². The summed E-state index contributed by atoms with van der Waals surface area (Å²) in [4.78, 5) is 13.2. The Morgan fingerprint density at radius 1 is 1.26 bits per heavy atom. The molecule has 1 aromatic carbocycles. The molecule has 4 rings (SSSR count). The van der Waals surface area contributed by atoms with Crippen LogP contribution in [0.25, 0.3) is 16.2 Å². The van der Waals surface area contributed by atoms with E-state index >= 15 is 0 Å². The van der Waals surface area contributed by atoms with Gasteiger partial charge in [-0.3, -0.25) is 4.79 Å². The summed E-state index contributed by atoms with van der Waals surface area (Å²) in [5.74, 6) is -0.495. The number of amides is 1. The van der Waals surface area contributed by atoms with E-state index in [1.54, 1.807) is 34.9 Å². The lowest BCUT2D eigenvalue weighted by Gasteiger charge is -2.06. The molecule has 136 valence electrons. The van der Waals surface area contributed by atoms with Crippen molar-refractivity contribution in [2.24, 2.45) is 0 Å². The molecule has 0 fully saturated rings. The fraction of sp³-hybridized carbons (Fsp3) is 0.111. The Morgan fingerprint density at radius 3 is 2.93 bits per heavy atom. The fourth-order valence-electron chi connectivity index (χ4n) is 2.41. The molecule has 6 nitrogen and oxygen atoms in total. The van der Waals surface area contributed by atoms with Crippen LogP contribution < -0.4 is 5.32 Å². The first-order valence-corrected chi connectivity index (χ1v) is 9.92. The topological polar surface area (TPSA) is 72.2 Å². The van der Waals surface area contributed by atoms with Crippen LogP contribution in [0.1, 0.15) is 5.56 Å². The van der Waals surface area contributed by atoms with E-state index in [2.05, 4.69) is 20.6 Å². The molecule has 1 amide bonds. The number of thiophene rings is 1. The number of carbonyl (C=O) groups excluding carboxylic acids is 1. The molecule has 3 heterocycles. The number of rotatable bonds is 5. The zero-order valence-corrected chi connectivity index (χ0v) is 15.9. The number of aryl methyl sites for hydroxylation is 1. The molecule has 0 unspecified atom stereocenters. The van der Waals surface area contributed by atoms with E-state index < -0.39 is 0 Å². The summed E-state index contributed by atoms with van der Waals surface area (Å²) in [6, 6.07) is 12.3. The lowest BCUT2D eigenvalue weighted by molar-refractivity contribution is -0.113. The highest BCUT2D eigenvalue weighted by atomic mass is 32.2. The van der Waals surface area contributed by atoms with Crippen LogP contribution in [0.2, 0.25) is 0 Å². The minimum Gasteiger partial charge on any atom is -0.325 e. The molecule has 1 N–H and O–H groups in total. The molecule has 0 saturated carbocycles. The zero-order valence-electron chi connectivity index (χ0n) is 14.2. The van der Waals surface area contributed by atoms with E-state index in [1.165, 1.54) is 17.8 Å². The van der Waals surface area contributed by atoms with E-state index in [4.69, 9.17) is 0 Å². The van der Waals surface area contributed by atoms with Crippen molar-refractivity contribution in [3.05, 3.63) is 59.2 Å². The van der Waals surface area contributed by atoms with Gasteiger partial charge in [-0.1, -0.05) is 23.9 Å². The summed E-state index contributed by atoms with van der Waals surface area (Å²) in [5, 5.41) is 17.9. The van der Waals surface area contributed by atoms with Crippen molar-refractivity contribution < 1.29 is 9.18 Å². The molecule has 27 heavy (non-hydrogen) atoms. The maximum atomic E-state index is 13.6. The van der Waals surface area contributed by atoms with Gasteiger partial charge in [-0.2, -0.15) is 9.61 Å². The Balaban J connectivity index is 1.47. The van der Waals surface area contributed by atoms with Crippen LogP contribution >= 0.6 is 23.1 Å². The van der Waals surface area contributed by atoms with E-state index in [1.807, 2.05) is 29.6 Å². The van der Waals surface area contributed by atoms with E-state index in [9.17, 15) is 9.18 Å². The minimum absolute atomic E-state index is 0.112. The van der Waals surface area contributed by atoms with Gasteiger partial charge < -0.3 is 5.32 Å². The number of hydrogen-bond donors (Lipinski definition) is 1. The first kappa shape index (κ1) is 17.6. The van der Waals surface area contributed by atoms with Crippen molar-refractivity contribution in [3.63, 3.8) is 0 Å². The van der Waals surface area contributed by atoms with Crippen molar-refractivity contribution in [1.29, 1.82) is 0 Å². The van der Waals surface area contributed by atoms with Gasteiger partial charge in [0, 0.05) is 5.69 Å². The van der Waals surface area contributed by atoms with Gasteiger partial charge in [-0.25, -0.2) is 4.39 Å². The van der Waals surface area contributed by atoms with Gasteiger partial charge in [0.05, 0.1) is 10.6 Å². The van der Waals surface area contributed by atoms with Crippen molar-refractivity contribution in [2.45, 2.75) is 12.1 Å². The van der Waals surface area contributed by atoms with Crippen molar-refractivity contribution >= 4 is 40.3 Å². The van der Waals surface area contributed by atoms with Crippen molar-refractivity contribution in [1.82, 2.24) is 19.8 Å². The molecule has 0 radical (unpaired) electrons. The number of nitrogens with zero attached hydrogens (tertiary/aromatic N) is 4. The number of thioether (sulfide) groups is 1. The minimum atomic E-state index is -0.353. The van der Waals surface area contributed by atoms with Crippen LogP contribution in [0.15, 0.2) is 53.0 Å². The van der Waals surface area contributed by atoms with Crippen LogP contribution in [0, 0.1) is 12.7 Å². The van der Waals surface area contributed by atoms with Gasteiger partial charge in [-0.15, -0.1) is 21.5 Å². The number of fused-ring (bicyclic) bond motifs is 1. The highest BCUT2D eigenvalue weighted by Crippen LogP contribution is 2.24. The summed E-state index contributed by atoms with van der Waals surface area (Å²) >= 11 is 2.82. The SMILES string of the molecule is Cc1ccc(NC(=O)CSc2nnc3ccc(-c4cccs4)nn23)cc1F. The Morgan fingerprint density at radius 2 is 2.15 bits per heavy atom. The summed E-state index contributed by atoms with van der Waals surface area (Å²) in [7, 11) is 0. The monoisotopic (exact) mass is 399 g/mol. The van der Waals surface area contributed by atoms with Crippen LogP contribution in [0.3, 0.4) is 0 Å². The largest absolute Gasteiger partial charge is 0.325 e. The molecule has 0 aliphatic carbocycles. The predicted octanol–water partition coefficient (Wildman–Crippen LogP) is 4.03. The second-order valence-corrected chi connectivity index (χ2v) is 7.64. The third-order valence-electron chi connectivity index (χ3n) is 3.80. The van der Waals surface area contributed by atoms with E-state index in [0.717, 1.165) is 10.6 Å². The Kier molecular flexibility index (Phi) is 4.87. The normalized spacial score (nSPS) is 11.0. The number of halogens is 1. The lowest BCUT2D eigenvalue weighted by atomic mass is 10.2. The number of anilines is 1. The third-order valence-corrected chi connectivity index (χ3v) is 5.61. The molecule has 9 heteroatoms. The summed E-state index contributed by atoms with van der Waals surface area (Å²) in [6.45, 7) is 1.67. The molecule has 3 aromatic heterocycles. The van der Waals surface area contributed by atoms with Gasteiger partial charge in [0.1, 0.15) is 11.5 Å². The van der Waals surface area contributed by atoms with Gasteiger partial charge in [0.25, 0.3) is 0 Å². The molecule has 0 spiro atoms. The van der Waals surface area contributed by atoms with Crippen LogP contribution in [-0.2, 0) is 4.79 Å². The van der Waals surface area contributed by atoms with Crippen LogP contribution in [-0.4, -0.2) is 31.5 Å². The molecule has 4 aromatic rings. The number of carbonyl (C=O) groups is 1. The average molecular weight is 399 g/mol. The standard InChI is InChI=1S/C18H14FN5OS2/c1-11-4-5-12(9-13(11)19)20-17(25)10-27-18-22-21-16-7-6-14(23-24(16)18)15-3-2-8-26-15/h2-9H,10H2,1H3,(H,20,25). The van der Waals surface area contributed by atoms with Gasteiger partial charge in [-0.05, 0) is 48.2 Å². The molecule has 0 bridgehead atoms. The predicted molar refractivity (Wildman–Crippen MR) is 105 cm³/mol. The highest BCUT2D eigenvalue weighted by Gasteiger charge is 2.12. The van der Waals surface area contributed by atoms with E-state index in [-0.39, 0.29) is 17.5 Å². The molecular weight excluding hydrogens is 385 g/mol. The second-order valence-electron chi connectivity index (χ2n) is 5.75.